The molecular weight excluding hydrogens is 142 g/mol. The molecule has 0 radical (unpaired) electrons. The molecule has 0 aliphatic heterocycles. The summed E-state index contributed by atoms with van der Waals surface area (Å²) in [4.78, 5) is 0. The molecule has 0 aliphatic rings. The van der Waals surface area contributed by atoms with E-state index in [1.165, 1.54) is 0 Å². The van der Waals surface area contributed by atoms with Crippen LogP contribution in [-0.4, -0.2) is 28.0 Å². The topological polar surface area (TPSA) is 66.5 Å². The van der Waals surface area contributed by atoms with Gasteiger partial charge in [0.2, 0.25) is 0 Å². The summed E-state index contributed by atoms with van der Waals surface area (Å²) >= 11 is 0. The van der Waals surface area contributed by atoms with Gasteiger partial charge in [-0.1, -0.05) is 0 Å². The van der Waals surface area contributed by atoms with Crippen molar-refractivity contribution in [3.8, 4) is 0 Å². The van der Waals surface area contributed by atoms with Crippen LogP contribution in [-0.2, 0) is 0 Å². The van der Waals surface area contributed by atoms with Crippen molar-refractivity contribution in [1.29, 1.82) is 0 Å². The second-order valence-electron chi connectivity index (χ2n) is 4.01. The van der Waals surface area contributed by atoms with Gasteiger partial charge in [0.05, 0.1) is 11.2 Å². The maximum Gasteiger partial charge on any atom is 0.0742 e. The fourth-order valence-corrected chi connectivity index (χ4v) is 0.677. The molecule has 0 heterocycles. The highest BCUT2D eigenvalue weighted by Crippen LogP contribution is 2.17. The first kappa shape index (κ1) is 10.9. The van der Waals surface area contributed by atoms with Gasteiger partial charge in [-0.05, 0) is 33.6 Å². The molecule has 0 bridgehead atoms. The molecule has 1 atom stereocenters. The van der Waals surface area contributed by atoms with E-state index in [4.69, 9.17) is 5.73 Å². The molecule has 3 nitrogen and oxygen atoms in total. The number of hydrogen-bond donors (Lipinski definition) is 3. The van der Waals surface area contributed by atoms with E-state index in [1.54, 1.807) is 20.8 Å². The van der Waals surface area contributed by atoms with Gasteiger partial charge in [0.15, 0.2) is 0 Å². The van der Waals surface area contributed by atoms with Crippen LogP contribution in [0.5, 0.6) is 0 Å². The Bertz CT molecular complexity index is 116. The third kappa shape index (κ3) is 6.28. The summed E-state index contributed by atoms with van der Waals surface area (Å²) in [6.45, 7) is 5.36. The highest BCUT2D eigenvalue weighted by Gasteiger charge is 2.22. The van der Waals surface area contributed by atoms with Crippen LogP contribution < -0.4 is 5.73 Å². The molecular formula is C8H19NO2. The Labute approximate surface area is 68.2 Å². The lowest BCUT2D eigenvalue weighted by Crippen LogP contribution is -2.36. The fourth-order valence-electron chi connectivity index (χ4n) is 0.677. The molecule has 3 heteroatoms. The summed E-state index contributed by atoms with van der Waals surface area (Å²) in [6, 6.07) is 0. The summed E-state index contributed by atoms with van der Waals surface area (Å²) < 4.78 is 0. The number of aliphatic hydroxyl groups is 2. The number of rotatable bonds is 4. The van der Waals surface area contributed by atoms with Gasteiger partial charge in [-0.2, -0.15) is 0 Å². The summed E-state index contributed by atoms with van der Waals surface area (Å²) in [5.74, 6) is 0. The lowest BCUT2D eigenvalue weighted by Gasteiger charge is -2.25. The van der Waals surface area contributed by atoms with Gasteiger partial charge in [0, 0.05) is 6.54 Å². The van der Waals surface area contributed by atoms with E-state index in [0.29, 0.717) is 12.8 Å². The zero-order valence-electron chi connectivity index (χ0n) is 7.59. The number of nitrogens with two attached hydrogens (primary N) is 1. The van der Waals surface area contributed by atoms with E-state index in [0.717, 1.165) is 0 Å². The van der Waals surface area contributed by atoms with Crippen molar-refractivity contribution < 1.29 is 10.2 Å². The van der Waals surface area contributed by atoms with Gasteiger partial charge >= 0.3 is 0 Å². The van der Waals surface area contributed by atoms with Crippen molar-refractivity contribution in [3.05, 3.63) is 0 Å². The largest absolute Gasteiger partial charge is 0.390 e. The van der Waals surface area contributed by atoms with Gasteiger partial charge in [-0.25, -0.2) is 0 Å². The van der Waals surface area contributed by atoms with E-state index < -0.39 is 11.2 Å². The van der Waals surface area contributed by atoms with Crippen LogP contribution in [0.4, 0.5) is 0 Å². The van der Waals surface area contributed by atoms with E-state index in [1.807, 2.05) is 0 Å². The molecule has 0 rings (SSSR count). The summed E-state index contributed by atoms with van der Waals surface area (Å²) in [5.41, 5.74) is 3.76. The second kappa shape index (κ2) is 3.52. The van der Waals surface area contributed by atoms with E-state index in [2.05, 4.69) is 0 Å². The van der Waals surface area contributed by atoms with Crippen molar-refractivity contribution in [3.63, 3.8) is 0 Å². The minimum Gasteiger partial charge on any atom is -0.390 e. The SMILES string of the molecule is CC(C)(O)CCC(C)(O)CN. The molecule has 0 aromatic rings. The van der Waals surface area contributed by atoms with Crippen molar-refractivity contribution in [1.82, 2.24) is 0 Å². The second-order valence-corrected chi connectivity index (χ2v) is 4.01. The van der Waals surface area contributed by atoms with Crippen LogP contribution >= 0.6 is 0 Å². The van der Waals surface area contributed by atoms with Crippen LogP contribution in [0.1, 0.15) is 33.6 Å². The van der Waals surface area contributed by atoms with Gasteiger partial charge in [-0.3, -0.25) is 0 Å². The Morgan fingerprint density at radius 1 is 1.09 bits per heavy atom. The quantitative estimate of drug-likeness (QED) is 0.553. The first-order valence-electron chi connectivity index (χ1n) is 3.92. The first-order chi connectivity index (χ1) is 4.77. The Hall–Kier alpha value is -0.120. The fraction of sp³-hybridized carbons (Fsp3) is 1.00. The normalized spacial score (nSPS) is 18.0. The smallest absolute Gasteiger partial charge is 0.0742 e. The Morgan fingerprint density at radius 2 is 1.55 bits per heavy atom. The van der Waals surface area contributed by atoms with Crippen LogP contribution in [0, 0.1) is 0 Å². The van der Waals surface area contributed by atoms with E-state index >= 15 is 0 Å². The van der Waals surface area contributed by atoms with Crippen molar-refractivity contribution in [2.45, 2.75) is 44.8 Å². The minimum atomic E-state index is -0.833. The first-order valence-corrected chi connectivity index (χ1v) is 3.92. The predicted molar refractivity (Wildman–Crippen MR) is 45.2 cm³/mol. The molecule has 11 heavy (non-hydrogen) atoms. The van der Waals surface area contributed by atoms with Crippen LogP contribution in [0.3, 0.4) is 0 Å². The van der Waals surface area contributed by atoms with Crippen molar-refractivity contribution in [2.24, 2.45) is 5.73 Å². The third-order valence-electron chi connectivity index (χ3n) is 1.72. The van der Waals surface area contributed by atoms with Crippen LogP contribution in [0.25, 0.3) is 0 Å². The highest BCUT2D eigenvalue weighted by molar-refractivity contribution is 4.77. The molecule has 0 saturated carbocycles. The maximum absolute atomic E-state index is 9.45. The average Bonchev–Trinajstić information content (AvgIpc) is 1.83. The van der Waals surface area contributed by atoms with Gasteiger partial charge in [-0.15, -0.1) is 0 Å². The number of hydrogen-bond acceptors (Lipinski definition) is 3. The lowest BCUT2D eigenvalue weighted by molar-refractivity contribution is 0.0116. The highest BCUT2D eigenvalue weighted by atomic mass is 16.3. The summed E-state index contributed by atoms with van der Waals surface area (Å²) in [5, 5.41) is 18.8. The Balaban J connectivity index is 3.70. The van der Waals surface area contributed by atoms with Gasteiger partial charge in [0.25, 0.3) is 0 Å². The van der Waals surface area contributed by atoms with Gasteiger partial charge in [0.1, 0.15) is 0 Å². The molecule has 0 amide bonds. The molecule has 0 saturated heterocycles. The molecule has 0 spiro atoms. The lowest BCUT2D eigenvalue weighted by atomic mass is 9.93. The molecule has 1 unspecified atom stereocenters. The maximum atomic E-state index is 9.45. The Kier molecular flexibility index (Phi) is 3.48. The third-order valence-corrected chi connectivity index (χ3v) is 1.72. The standard InChI is InChI=1S/C8H19NO2/c1-7(2,10)4-5-8(3,11)6-9/h10-11H,4-6,9H2,1-3H3. The molecule has 0 aliphatic carbocycles. The molecule has 4 N–H and O–H groups in total. The molecule has 0 fully saturated rings. The average molecular weight is 161 g/mol. The van der Waals surface area contributed by atoms with Gasteiger partial charge < -0.3 is 15.9 Å². The predicted octanol–water partition coefficient (Wildman–Crippen LogP) is 0.247. The Morgan fingerprint density at radius 3 is 1.82 bits per heavy atom. The zero-order valence-corrected chi connectivity index (χ0v) is 7.59. The monoisotopic (exact) mass is 161 g/mol. The molecule has 68 valence electrons. The summed E-state index contributed by atoms with van der Waals surface area (Å²) in [7, 11) is 0. The molecule has 0 aromatic carbocycles. The van der Waals surface area contributed by atoms with Crippen LogP contribution in [0.2, 0.25) is 0 Å². The van der Waals surface area contributed by atoms with Crippen LogP contribution in [0.15, 0.2) is 0 Å². The van der Waals surface area contributed by atoms with E-state index in [-0.39, 0.29) is 6.54 Å². The zero-order chi connectivity index (χ0) is 9.12. The van der Waals surface area contributed by atoms with E-state index in [9.17, 15) is 10.2 Å². The molecule has 0 aromatic heterocycles. The summed E-state index contributed by atoms with van der Waals surface area (Å²) in [6.07, 6.45) is 1.10. The minimum absolute atomic E-state index is 0.239. The van der Waals surface area contributed by atoms with Crippen molar-refractivity contribution >= 4 is 0 Å². The van der Waals surface area contributed by atoms with Crippen molar-refractivity contribution in [2.75, 3.05) is 6.54 Å².